The molecule has 3 aromatic rings. The first-order valence-electron chi connectivity index (χ1n) is 8.53. The second kappa shape index (κ2) is 5.53. The number of aryl methyl sites for hydroxylation is 1. The van der Waals surface area contributed by atoms with Gasteiger partial charge in [0.15, 0.2) is 0 Å². The zero-order chi connectivity index (χ0) is 18.8. The Bertz CT molecular complexity index is 1030. The summed E-state index contributed by atoms with van der Waals surface area (Å²) < 4.78 is 30.4. The molecule has 2 unspecified atom stereocenters. The second-order valence-electron chi connectivity index (χ2n) is 7.53. The van der Waals surface area contributed by atoms with E-state index in [1.54, 1.807) is 26.0 Å². The van der Waals surface area contributed by atoms with Gasteiger partial charge in [0.25, 0.3) is 0 Å². The number of hydrogen-bond donors (Lipinski definition) is 4. The van der Waals surface area contributed by atoms with Crippen LogP contribution in [-0.4, -0.2) is 21.7 Å². The number of nitrogens with two attached hydrogens (primary N) is 1. The fourth-order valence-corrected chi connectivity index (χ4v) is 3.84. The SMILES string of the molecule is Cc1c[nH]c2c(-c3c(F)cc4c(c3F)C(N)C(O)C(C)(C)N4)cccc12. The molecular formula is C20H21F2N3O. The molecule has 5 N–H and O–H groups in total. The number of nitrogens with one attached hydrogen (secondary N) is 2. The molecule has 1 aliphatic rings. The van der Waals surface area contributed by atoms with E-state index in [-0.39, 0.29) is 16.8 Å². The van der Waals surface area contributed by atoms with Crippen molar-refractivity contribution in [3.05, 3.63) is 53.2 Å². The molecule has 6 heteroatoms. The molecule has 0 amide bonds. The summed E-state index contributed by atoms with van der Waals surface area (Å²) in [4.78, 5) is 3.09. The van der Waals surface area contributed by atoms with E-state index in [1.807, 2.05) is 19.2 Å². The van der Waals surface area contributed by atoms with Crippen LogP contribution in [-0.2, 0) is 0 Å². The highest BCUT2D eigenvalue weighted by Crippen LogP contribution is 2.43. The lowest BCUT2D eigenvalue weighted by Crippen LogP contribution is -2.53. The molecule has 0 aliphatic carbocycles. The Morgan fingerprint density at radius 1 is 1.23 bits per heavy atom. The number of aliphatic hydroxyl groups is 1. The van der Waals surface area contributed by atoms with Gasteiger partial charge in [-0.25, -0.2) is 8.78 Å². The molecule has 0 saturated heterocycles. The topological polar surface area (TPSA) is 74.1 Å². The van der Waals surface area contributed by atoms with Gasteiger partial charge in [0.05, 0.1) is 28.8 Å². The van der Waals surface area contributed by atoms with Crippen LogP contribution in [0.15, 0.2) is 30.5 Å². The maximum atomic E-state index is 15.4. The Labute approximate surface area is 150 Å². The average molecular weight is 357 g/mol. The number of rotatable bonds is 1. The van der Waals surface area contributed by atoms with Crippen molar-refractivity contribution >= 4 is 16.6 Å². The van der Waals surface area contributed by atoms with Crippen molar-refractivity contribution < 1.29 is 13.9 Å². The number of anilines is 1. The van der Waals surface area contributed by atoms with Crippen LogP contribution in [0.5, 0.6) is 0 Å². The molecule has 1 aromatic heterocycles. The number of H-pyrrole nitrogens is 1. The molecule has 2 aromatic carbocycles. The first kappa shape index (κ1) is 17.0. The Hall–Kier alpha value is -2.44. The predicted molar refractivity (Wildman–Crippen MR) is 99.0 cm³/mol. The van der Waals surface area contributed by atoms with Crippen LogP contribution in [0.2, 0.25) is 0 Å². The fraction of sp³-hybridized carbons (Fsp3) is 0.300. The van der Waals surface area contributed by atoms with Crippen LogP contribution in [0, 0.1) is 18.6 Å². The third kappa shape index (κ3) is 2.26. The standard InChI is InChI=1S/C20H21F2N3O/c1-9-8-24-18-10(9)5-4-6-11(18)14-12(21)7-13-15(16(14)22)17(23)19(26)20(2,3)25-13/h4-8,17,19,24-26H,23H2,1-3H3. The van der Waals surface area contributed by atoms with Crippen molar-refractivity contribution in [2.75, 3.05) is 5.32 Å². The van der Waals surface area contributed by atoms with E-state index in [0.29, 0.717) is 11.1 Å². The monoisotopic (exact) mass is 357 g/mol. The number of para-hydroxylation sites is 1. The highest BCUT2D eigenvalue weighted by atomic mass is 19.1. The fourth-order valence-electron chi connectivity index (χ4n) is 3.84. The van der Waals surface area contributed by atoms with Crippen molar-refractivity contribution in [3.63, 3.8) is 0 Å². The van der Waals surface area contributed by atoms with E-state index < -0.39 is 29.3 Å². The van der Waals surface area contributed by atoms with E-state index in [9.17, 15) is 9.50 Å². The maximum absolute atomic E-state index is 15.4. The molecule has 0 bridgehead atoms. The third-order valence-corrected chi connectivity index (χ3v) is 5.32. The smallest absolute Gasteiger partial charge is 0.140 e. The number of aromatic nitrogens is 1. The molecule has 2 heterocycles. The van der Waals surface area contributed by atoms with E-state index in [0.717, 1.165) is 10.9 Å². The van der Waals surface area contributed by atoms with Crippen molar-refractivity contribution in [3.8, 4) is 11.1 Å². The van der Waals surface area contributed by atoms with Gasteiger partial charge in [0.2, 0.25) is 0 Å². The highest BCUT2D eigenvalue weighted by molar-refractivity contribution is 5.96. The van der Waals surface area contributed by atoms with E-state index in [1.165, 1.54) is 6.07 Å². The Kier molecular flexibility index (Phi) is 3.61. The maximum Gasteiger partial charge on any atom is 0.140 e. The Balaban J connectivity index is 2.00. The van der Waals surface area contributed by atoms with Gasteiger partial charge < -0.3 is 21.1 Å². The first-order valence-corrected chi connectivity index (χ1v) is 8.53. The minimum absolute atomic E-state index is 0.105. The van der Waals surface area contributed by atoms with E-state index in [4.69, 9.17) is 5.73 Å². The van der Waals surface area contributed by atoms with E-state index in [2.05, 4.69) is 10.3 Å². The van der Waals surface area contributed by atoms with Crippen LogP contribution in [0.4, 0.5) is 14.5 Å². The van der Waals surface area contributed by atoms with Gasteiger partial charge in [0, 0.05) is 28.4 Å². The Morgan fingerprint density at radius 3 is 2.69 bits per heavy atom. The summed E-state index contributed by atoms with van der Waals surface area (Å²) in [6.07, 6.45) is 0.799. The summed E-state index contributed by atoms with van der Waals surface area (Å²) >= 11 is 0. The molecule has 0 spiro atoms. The molecular weight excluding hydrogens is 336 g/mol. The highest BCUT2D eigenvalue weighted by Gasteiger charge is 2.41. The molecule has 4 rings (SSSR count). The van der Waals surface area contributed by atoms with Crippen molar-refractivity contribution in [1.29, 1.82) is 0 Å². The average Bonchev–Trinajstić information content (AvgIpc) is 2.94. The second-order valence-corrected chi connectivity index (χ2v) is 7.53. The zero-order valence-corrected chi connectivity index (χ0v) is 14.8. The molecule has 0 saturated carbocycles. The number of hydrogen-bond acceptors (Lipinski definition) is 3. The summed E-state index contributed by atoms with van der Waals surface area (Å²) in [5.74, 6) is -1.41. The summed E-state index contributed by atoms with van der Waals surface area (Å²) in [5, 5.41) is 14.3. The number of aromatic amines is 1. The van der Waals surface area contributed by atoms with Gasteiger partial charge >= 0.3 is 0 Å². The minimum Gasteiger partial charge on any atom is -0.389 e. The first-order chi connectivity index (χ1) is 12.2. The van der Waals surface area contributed by atoms with Crippen LogP contribution in [0.3, 0.4) is 0 Å². The van der Waals surface area contributed by atoms with Gasteiger partial charge in [-0.15, -0.1) is 0 Å². The molecule has 0 radical (unpaired) electrons. The largest absolute Gasteiger partial charge is 0.389 e. The van der Waals surface area contributed by atoms with Gasteiger partial charge in [0.1, 0.15) is 11.6 Å². The quantitative estimate of drug-likeness (QED) is 0.532. The summed E-state index contributed by atoms with van der Waals surface area (Å²) in [6, 6.07) is 5.65. The number of benzene rings is 2. The molecule has 4 nitrogen and oxygen atoms in total. The molecule has 1 aliphatic heterocycles. The van der Waals surface area contributed by atoms with Crippen molar-refractivity contribution in [1.82, 2.24) is 4.98 Å². The Morgan fingerprint density at radius 2 is 1.96 bits per heavy atom. The lowest BCUT2D eigenvalue weighted by atomic mass is 9.81. The third-order valence-electron chi connectivity index (χ3n) is 5.32. The normalized spacial score (nSPS) is 21.5. The number of halogens is 2. The van der Waals surface area contributed by atoms with Crippen molar-refractivity contribution in [2.24, 2.45) is 5.73 Å². The molecule has 0 fully saturated rings. The molecule has 136 valence electrons. The lowest BCUT2D eigenvalue weighted by Gasteiger charge is -2.42. The van der Waals surface area contributed by atoms with Crippen molar-refractivity contribution in [2.45, 2.75) is 38.5 Å². The zero-order valence-electron chi connectivity index (χ0n) is 14.8. The number of fused-ring (bicyclic) bond motifs is 2. The summed E-state index contributed by atoms with van der Waals surface area (Å²) in [5.41, 5.74) is 7.67. The van der Waals surface area contributed by atoms with Crippen LogP contribution in [0.1, 0.15) is 31.0 Å². The van der Waals surface area contributed by atoms with Crippen LogP contribution in [0.25, 0.3) is 22.0 Å². The van der Waals surface area contributed by atoms with Gasteiger partial charge in [-0.05, 0) is 32.4 Å². The van der Waals surface area contributed by atoms with Crippen LogP contribution >= 0.6 is 0 Å². The van der Waals surface area contributed by atoms with Crippen LogP contribution < -0.4 is 11.1 Å². The van der Waals surface area contributed by atoms with Gasteiger partial charge in [-0.2, -0.15) is 0 Å². The van der Waals surface area contributed by atoms with Gasteiger partial charge in [-0.1, -0.05) is 18.2 Å². The molecule has 2 atom stereocenters. The molecule has 26 heavy (non-hydrogen) atoms. The summed E-state index contributed by atoms with van der Waals surface area (Å²) in [7, 11) is 0. The predicted octanol–water partition coefficient (Wildman–Crippen LogP) is 3.99. The lowest BCUT2D eigenvalue weighted by molar-refractivity contribution is 0.0815. The van der Waals surface area contributed by atoms with Gasteiger partial charge in [-0.3, -0.25) is 0 Å². The minimum atomic E-state index is -1.01. The van der Waals surface area contributed by atoms with E-state index >= 15 is 4.39 Å². The number of aliphatic hydroxyl groups excluding tert-OH is 1. The summed E-state index contributed by atoms with van der Waals surface area (Å²) in [6.45, 7) is 5.42.